The Bertz CT molecular complexity index is 2180. The molecule has 12 nitrogen and oxygen atoms in total. The van der Waals surface area contributed by atoms with Crippen LogP contribution in [0.1, 0.15) is 30.4 Å². The van der Waals surface area contributed by atoms with Crippen LogP contribution < -0.4 is 31.6 Å². The number of pyridine rings is 2. The molecule has 0 bridgehead atoms. The summed E-state index contributed by atoms with van der Waals surface area (Å²) < 4.78 is 7.09. The van der Waals surface area contributed by atoms with E-state index < -0.39 is 6.10 Å². The summed E-state index contributed by atoms with van der Waals surface area (Å²) in [5, 5.41) is 22.8. The summed E-state index contributed by atoms with van der Waals surface area (Å²) in [6.07, 6.45) is 3.63. The third-order valence-electron chi connectivity index (χ3n) is 8.97. The van der Waals surface area contributed by atoms with Gasteiger partial charge in [-0.3, -0.25) is 18.8 Å². The van der Waals surface area contributed by atoms with E-state index in [0.29, 0.717) is 57.9 Å². The van der Waals surface area contributed by atoms with Gasteiger partial charge in [-0.15, -0.1) is 0 Å². The van der Waals surface area contributed by atoms with Gasteiger partial charge >= 0.3 is 0 Å². The molecule has 3 aromatic heterocycles. The highest BCUT2D eigenvalue weighted by Gasteiger charge is 2.21. The van der Waals surface area contributed by atoms with Crippen molar-refractivity contribution in [1.29, 1.82) is 0 Å². The van der Waals surface area contributed by atoms with Crippen molar-refractivity contribution in [3.63, 3.8) is 0 Å². The Balaban J connectivity index is 1.21. The van der Waals surface area contributed by atoms with Crippen LogP contribution >= 0.6 is 23.2 Å². The van der Waals surface area contributed by atoms with Gasteiger partial charge in [0, 0.05) is 91.5 Å². The van der Waals surface area contributed by atoms with Crippen molar-refractivity contribution in [2.75, 3.05) is 27.2 Å². The number of hydrogen-bond donors (Lipinski definition) is 5. The molecule has 5 aromatic rings. The van der Waals surface area contributed by atoms with Gasteiger partial charge in [0.05, 0.1) is 35.4 Å². The van der Waals surface area contributed by atoms with Crippen LogP contribution in [0.15, 0.2) is 77.9 Å². The molecule has 270 valence electrons. The van der Waals surface area contributed by atoms with E-state index in [2.05, 4.69) is 26.3 Å². The van der Waals surface area contributed by atoms with E-state index in [9.17, 15) is 19.5 Å². The summed E-state index contributed by atoms with van der Waals surface area (Å²) in [5.74, 6) is 0.298. The van der Waals surface area contributed by atoms with Crippen molar-refractivity contribution >= 4 is 40.7 Å². The van der Waals surface area contributed by atoms with Crippen LogP contribution in [0, 0.1) is 0 Å². The molecule has 14 heteroatoms. The number of amides is 2. The maximum atomic E-state index is 13.2. The molecule has 2 atom stereocenters. The number of benzene rings is 2. The summed E-state index contributed by atoms with van der Waals surface area (Å²) >= 11 is 14.2. The van der Waals surface area contributed by atoms with Gasteiger partial charge < -0.3 is 31.1 Å². The second-order valence-corrected chi connectivity index (χ2v) is 13.3. The normalized spacial score (nSPS) is 14.7. The largest absolute Gasteiger partial charge is 0.481 e. The van der Waals surface area contributed by atoms with Crippen molar-refractivity contribution in [3.8, 4) is 39.4 Å². The number of nitrogens with one attached hydrogen (secondary N) is 4. The molecule has 0 spiro atoms. The number of halogens is 2. The van der Waals surface area contributed by atoms with Crippen molar-refractivity contribution < 1.29 is 19.4 Å². The fourth-order valence-electron chi connectivity index (χ4n) is 6.21. The summed E-state index contributed by atoms with van der Waals surface area (Å²) in [7, 11) is 3.09. The molecule has 0 saturated carbocycles. The van der Waals surface area contributed by atoms with Crippen LogP contribution in [-0.4, -0.2) is 70.7 Å². The number of aromatic nitrogens is 3. The Morgan fingerprint density at radius 3 is 2.42 bits per heavy atom. The third-order valence-corrected chi connectivity index (χ3v) is 9.79. The number of aliphatic hydroxyl groups excluding tert-OH is 1. The minimum absolute atomic E-state index is 0.0353. The number of nitrogens with zero attached hydrogens (tertiary/aromatic N) is 3. The van der Waals surface area contributed by atoms with E-state index in [1.165, 1.54) is 17.6 Å². The number of ether oxygens (including phenoxy) is 1. The van der Waals surface area contributed by atoms with Gasteiger partial charge in [0.1, 0.15) is 5.65 Å². The van der Waals surface area contributed by atoms with Crippen LogP contribution in [0.4, 0.5) is 0 Å². The molecule has 5 N–H and O–H groups in total. The molecule has 0 radical (unpaired) electrons. The first-order chi connectivity index (χ1) is 25.2. The Morgan fingerprint density at radius 2 is 1.71 bits per heavy atom. The lowest BCUT2D eigenvalue weighted by atomic mass is 9.97. The number of carbonyl (C=O) groups excluding carboxylic acids is 2. The first kappa shape index (κ1) is 36.9. The van der Waals surface area contributed by atoms with Crippen LogP contribution in [0.3, 0.4) is 0 Å². The molecule has 1 fully saturated rings. The molecule has 0 aliphatic carbocycles. The van der Waals surface area contributed by atoms with Crippen molar-refractivity contribution in [3.05, 3.63) is 105 Å². The molecule has 2 aromatic carbocycles. The van der Waals surface area contributed by atoms with Crippen molar-refractivity contribution in [2.24, 2.45) is 0 Å². The van der Waals surface area contributed by atoms with Gasteiger partial charge in [-0.25, -0.2) is 9.97 Å². The van der Waals surface area contributed by atoms with E-state index in [1.54, 1.807) is 25.4 Å². The Morgan fingerprint density at radius 1 is 1.00 bits per heavy atom. The molecular weight excluding hydrogens is 705 g/mol. The molecule has 1 saturated heterocycles. The summed E-state index contributed by atoms with van der Waals surface area (Å²) in [5.41, 5.74) is 5.80. The van der Waals surface area contributed by atoms with Crippen LogP contribution in [0.2, 0.25) is 10.0 Å². The molecule has 52 heavy (non-hydrogen) atoms. The molecule has 2 unspecified atom stereocenters. The van der Waals surface area contributed by atoms with Crippen LogP contribution in [-0.2, 0) is 22.7 Å². The van der Waals surface area contributed by atoms with E-state index in [4.69, 9.17) is 32.9 Å². The van der Waals surface area contributed by atoms with Crippen molar-refractivity contribution in [1.82, 2.24) is 35.6 Å². The second-order valence-electron chi connectivity index (χ2n) is 12.5. The van der Waals surface area contributed by atoms with E-state index >= 15 is 0 Å². The quantitative estimate of drug-likeness (QED) is 0.111. The first-order valence-corrected chi connectivity index (χ1v) is 17.6. The minimum Gasteiger partial charge on any atom is -0.481 e. The number of rotatable bonds is 14. The topological polar surface area (TPSA) is 159 Å². The maximum absolute atomic E-state index is 13.2. The highest BCUT2D eigenvalue weighted by molar-refractivity contribution is 6.39. The predicted octanol–water partition coefficient (Wildman–Crippen LogP) is 4.36. The van der Waals surface area contributed by atoms with Gasteiger partial charge in [0.25, 0.3) is 5.56 Å². The Labute approximate surface area is 310 Å². The second kappa shape index (κ2) is 16.7. The Kier molecular flexibility index (Phi) is 11.8. The molecular formula is C38H39Cl2N7O5. The average molecular weight is 745 g/mol. The number of aliphatic hydroxyl groups is 1. The third kappa shape index (κ3) is 8.27. The first-order valence-electron chi connectivity index (χ1n) is 16.9. The fraction of sp³-hybridized carbons (Fsp3) is 0.289. The lowest BCUT2D eigenvalue weighted by molar-refractivity contribution is -0.122. The lowest BCUT2D eigenvalue weighted by Crippen LogP contribution is -2.35. The lowest BCUT2D eigenvalue weighted by Gasteiger charge is -2.16. The average Bonchev–Trinajstić information content (AvgIpc) is 3.57. The van der Waals surface area contributed by atoms with Crippen LogP contribution in [0.5, 0.6) is 5.88 Å². The molecule has 2 amide bonds. The van der Waals surface area contributed by atoms with Crippen molar-refractivity contribution in [2.45, 2.75) is 44.5 Å². The molecule has 4 heterocycles. The number of hydrogen-bond acceptors (Lipinski definition) is 9. The highest BCUT2D eigenvalue weighted by atomic mass is 35.5. The zero-order chi connectivity index (χ0) is 36.8. The summed E-state index contributed by atoms with van der Waals surface area (Å²) in [6.45, 7) is 1.52. The van der Waals surface area contributed by atoms with Gasteiger partial charge in [0.2, 0.25) is 17.7 Å². The number of methoxy groups -OCH3 is 1. The van der Waals surface area contributed by atoms with E-state index in [0.717, 1.165) is 34.2 Å². The highest BCUT2D eigenvalue weighted by Crippen LogP contribution is 2.42. The zero-order valence-corrected chi connectivity index (χ0v) is 30.2. The zero-order valence-electron chi connectivity index (χ0n) is 28.7. The Hall–Kier alpha value is -4.85. The monoisotopic (exact) mass is 743 g/mol. The maximum Gasteiger partial charge on any atom is 0.262 e. The predicted molar refractivity (Wildman–Crippen MR) is 201 cm³/mol. The van der Waals surface area contributed by atoms with Gasteiger partial charge in [0.15, 0.2) is 0 Å². The van der Waals surface area contributed by atoms with Gasteiger partial charge in [-0.1, -0.05) is 65.7 Å². The fourth-order valence-corrected chi connectivity index (χ4v) is 6.87. The standard InChI is InChI=1S/C38H39Cl2N7O5/c1-41-34(50)16-26(48)21-43-18-24-19-44-32-15-22(13-14-47(32)38(24)51)27-5-3-6-28(35(27)39)29-7-4-8-30(36(29)40)31-11-9-23(37(46-31)52-2)17-42-20-25-10-12-33(49)45-25/h3-9,11,13-15,19,25-26,42-43,48H,10,12,16-18,20-21H2,1-2H3,(H,41,50)(H,45,49). The van der Waals surface area contributed by atoms with E-state index in [-0.39, 0.29) is 42.9 Å². The number of fused-ring (bicyclic) bond motifs is 1. The molecule has 6 rings (SSSR count). The minimum atomic E-state index is -0.879. The molecule has 1 aliphatic rings. The number of carbonyl (C=O) groups is 2. The van der Waals surface area contributed by atoms with Gasteiger partial charge in [-0.2, -0.15) is 0 Å². The smallest absolute Gasteiger partial charge is 0.262 e. The van der Waals surface area contributed by atoms with Gasteiger partial charge in [-0.05, 0) is 30.2 Å². The van der Waals surface area contributed by atoms with E-state index in [1.807, 2.05) is 48.5 Å². The summed E-state index contributed by atoms with van der Waals surface area (Å²) in [6, 6.07) is 19.0. The van der Waals surface area contributed by atoms with Crippen LogP contribution in [0.25, 0.3) is 39.2 Å². The summed E-state index contributed by atoms with van der Waals surface area (Å²) in [4.78, 5) is 45.5. The SMILES string of the molecule is CNC(=O)CC(O)CNCc1cnc2cc(-c3cccc(-c4cccc(-c5ccc(CNCC6CCC(=O)N6)c(OC)n5)c4Cl)c3Cl)ccn2c1=O. The molecule has 1 aliphatic heterocycles.